The molecule has 1 amide bonds. The van der Waals surface area contributed by atoms with Crippen LogP contribution in [0.15, 0.2) is 71.5 Å². The predicted octanol–water partition coefficient (Wildman–Crippen LogP) is 3.82. The summed E-state index contributed by atoms with van der Waals surface area (Å²) < 4.78 is 2.90. The van der Waals surface area contributed by atoms with Crippen LogP contribution in [-0.2, 0) is 11.2 Å². The lowest BCUT2D eigenvalue weighted by molar-refractivity contribution is -0.120. The zero-order valence-corrected chi connectivity index (χ0v) is 17.2. The Morgan fingerprint density at radius 1 is 1.14 bits per heavy atom. The molecule has 4 rings (SSSR count). The first-order chi connectivity index (χ1) is 13.7. The fourth-order valence-corrected chi connectivity index (χ4v) is 3.97. The molecule has 5 nitrogen and oxygen atoms in total. The van der Waals surface area contributed by atoms with Gasteiger partial charge in [0.2, 0.25) is 5.91 Å². The normalized spacial score (nSPS) is 16.3. The van der Waals surface area contributed by atoms with Gasteiger partial charge in [-0.2, -0.15) is 5.10 Å². The van der Waals surface area contributed by atoms with Gasteiger partial charge in [0.15, 0.2) is 0 Å². The molecule has 28 heavy (non-hydrogen) atoms. The summed E-state index contributed by atoms with van der Waals surface area (Å²) in [6.45, 7) is 2.72. The minimum Gasteiger partial charge on any atom is -0.371 e. The zero-order chi connectivity index (χ0) is 19.3. The molecule has 1 fully saturated rings. The summed E-state index contributed by atoms with van der Waals surface area (Å²) in [6, 6.07) is 18.3. The van der Waals surface area contributed by atoms with Crippen LogP contribution in [0.1, 0.15) is 12.0 Å². The summed E-state index contributed by atoms with van der Waals surface area (Å²) in [6.07, 6.45) is 5.13. The highest BCUT2D eigenvalue weighted by atomic mass is 79.9. The molecule has 0 radical (unpaired) electrons. The number of aromatic nitrogens is 2. The van der Waals surface area contributed by atoms with Crippen LogP contribution in [0.4, 0.5) is 5.69 Å². The van der Waals surface area contributed by atoms with Crippen LogP contribution in [0.5, 0.6) is 0 Å². The monoisotopic (exact) mass is 438 g/mol. The Morgan fingerprint density at radius 3 is 2.79 bits per heavy atom. The van der Waals surface area contributed by atoms with Crippen LogP contribution in [0.2, 0.25) is 0 Å². The van der Waals surface area contributed by atoms with Gasteiger partial charge in [-0.15, -0.1) is 0 Å². The molecule has 1 N–H and O–H groups in total. The second-order valence-corrected chi connectivity index (χ2v) is 8.11. The molecule has 0 aliphatic carbocycles. The van der Waals surface area contributed by atoms with Gasteiger partial charge in [-0.1, -0.05) is 40.2 Å². The maximum Gasteiger partial charge on any atom is 0.224 e. The molecule has 0 bridgehead atoms. The number of nitrogens with one attached hydrogen (secondary N) is 1. The first-order valence-electron chi connectivity index (χ1n) is 9.53. The van der Waals surface area contributed by atoms with E-state index in [1.54, 1.807) is 10.9 Å². The smallest absolute Gasteiger partial charge is 0.224 e. The molecule has 6 heteroatoms. The number of carbonyl (C=O) groups is 1. The number of halogens is 1. The first-order valence-corrected chi connectivity index (χ1v) is 10.3. The number of hydrogen-bond acceptors (Lipinski definition) is 3. The molecular formula is C22H23BrN4O. The van der Waals surface area contributed by atoms with Crippen LogP contribution < -0.4 is 10.2 Å². The molecule has 144 valence electrons. The van der Waals surface area contributed by atoms with Crippen molar-refractivity contribution >= 4 is 27.5 Å². The van der Waals surface area contributed by atoms with Crippen molar-refractivity contribution in [3.63, 3.8) is 0 Å². The standard InChI is InChI=1S/C22H23BrN4O/c23-19-5-4-8-21(12-19)26-10-9-17(15-26)13-24-22(28)11-18-14-25-27(16-18)20-6-2-1-3-7-20/h1-8,12,14,16-17H,9-11,13,15H2,(H,24,28). The van der Waals surface area contributed by atoms with E-state index in [0.29, 0.717) is 12.3 Å². The first kappa shape index (κ1) is 18.7. The van der Waals surface area contributed by atoms with Crippen molar-refractivity contribution in [1.29, 1.82) is 0 Å². The van der Waals surface area contributed by atoms with E-state index in [1.165, 1.54) is 5.69 Å². The minimum atomic E-state index is 0.0496. The lowest BCUT2D eigenvalue weighted by Crippen LogP contribution is -2.32. The second-order valence-electron chi connectivity index (χ2n) is 7.19. The highest BCUT2D eigenvalue weighted by Gasteiger charge is 2.23. The third kappa shape index (κ3) is 4.62. The molecule has 1 aliphatic rings. The lowest BCUT2D eigenvalue weighted by Gasteiger charge is -2.19. The highest BCUT2D eigenvalue weighted by Crippen LogP contribution is 2.25. The van der Waals surface area contributed by atoms with Gasteiger partial charge in [-0.25, -0.2) is 4.68 Å². The Hall–Kier alpha value is -2.60. The summed E-state index contributed by atoms with van der Waals surface area (Å²) >= 11 is 3.53. The number of anilines is 1. The van der Waals surface area contributed by atoms with Crippen LogP contribution in [0, 0.1) is 5.92 Å². The Kier molecular flexibility index (Phi) is 5.76. The van der Waals surface area contributed by atoms with Gasteiger partial charge in [0, 0.05) is 36.0 Å². The third-order valence-corrected chi connectivity index (χ3v) is 5.56. The number of nitrogens with zero attached hydrogens (tertiary/aromatic N) is 3. The van der Waals surface area contributed by atoms with Crippen molar-refractivity contribution in [2.75, 3.05) is 24.5 Å². The zero-order valence-electron chi connectivity index (χ0n) is 15.6. The molecule has 0 spiro atoms. The van der Waals surface area contributed by atoms with Gasteiger partial charge in [0.05, 0.1) is 18.3 Å². The van der Waals surface area contributed by atoms with Crippen molar-refractivity contribution < 1.29 is 4.79 Å². The summed E-state index contributed by atoms with van der Waals surface area (Å²) in [4.78, 5) is 14.7. The topological polar surface area (TPSA) is 50.2 Å². The Morgan fingerprint density at radius 2 is 1.96 bits per heavy atom. The van der Waals surface area contributed by atoms with Gasteiger partial charge < -0.3 is 10.2 Å². The summed E-state index contributed by atoms with van der Waals surface area (Å²) in [5.41, 5.74) is 3.15. The molecule has 3 aromatic rings. The van der Waals surface area contributed by atoms with Gasteiger partial charge in [-0.05, 0) is 48.2 Å². The maximum atomic E-state index is 12.3. The fourth-order valence-electron chi connectivity index (χ4n) is 3.59. The Balaban J connectivity index is 1.26. The fraction of sp³-hybridized carbons (Fsp3) is 0.273. The number of carbonyl (C=O) groups excluding carboxylic acids is 1. The molecular weight excluding hydrogens is 416 g/mol. The van der Waals surface area contributed by atoms with Crippen molar-refractivity contribution in [3.8, 4) is 5.69 Å². The maximum absolute atomic E-state index is 12.3. The number of para-hydroxylation sites is 1. The van der Waals surface area contributed by atoms with E-state index in [1.807, 2.05) is 42.6 Å². The number of hydrogen-bond donors (Lipinski definition) is 1. The average molecular weight is 439 g/mol. The largest absolute Gasteiger partial charge is 0.371 e. The summed E-state index contributed by atoms with van der Waals surface area (Å²) in [5, 5.41) is 7.45. The SMILES string of the molecule is O=C(Cc1cnn(-c2ccccc2)c1)NCC1CCN(c2cccc(Br)c2)C1. The number of rotatable bonds is 6. The van der Waals surface area contributed by atoms with Gasteiger partial charge in [-0.3, -0.25) is 4.79 Å². The van der Waals surface area contributed by atoms with E-state index < -0.39 is 0 Å². The molecule has 1 aliphatic heterocycles. The van der Waals surface area contributed by atoms with Crippen LogP contribution in [0.3, 0.4) is 0 Å². The molecule has 2 aromatic carbocycles. The van der Waals surface area contributed by atoms with E-state index >= 15 is 0 Å². The number of amides is 1. The second kappa shape index (κ2) is 8.61. The average Bonchev–Trinajstić information content (AvgIpc) is 3.37. The van der Waals surface area contributed by atoms with E-state index in [4.69, 9.17) is 0 Å². The third-order valence-electron chi connectivity index (χ3n) is 5.07. The van der Waals surface area contributed by atoms with Crippen molar-refractivity contribution in [2.45, 2.75) is 12.8 Å². The van der Waals surface area contributed by atoms with Gasteiger partial charge >= 0.3 is 0 Å². The van der Waals surface area contributed by atoms with Crippen molar-refractivity contribution in [3.05, 3.63) is 77.0 Å². The molecule has 2 heterocycles. The van der Waals surface area contributed by atoms with E-state index in [9.17, 15) is 4.79 Å². The Labute approximate surface area is 173 Å². The molecule has 1 atom stereocenters. The summed E-state index contributed by atoms with van der Waals surface area (Å²) in [5.74, 6) is 0.531. The molecule has 1 saturated heterocycles. The minimum absolute atomic E-state index is 0.0496. The van der Waals surface area contributed by atoms with E-state index in [-0.39, 0.29) is 5.91 Å². The Bertz CT molecular complexity index is 940. The van der Waals surface area contributed by atoms with Crippen LogP contribution in [0.25, 0.3) is 5.69 Å². The molecule has 1 unspecified atom stereocenters. The highest BCUT2D eigenvalue weighted by molar-refractivity contribution is 9.10. The van der Waals surface area contributed by atoms with Crippen LogP contribution in [-0.4, -0.2) is 35.3 Å². The van der Waals surface area contributed by atoms with Crippen LogP contribution >= 0.6 is 15.9 Å². The van der Waals surface area contributed by atoms with Crippen molar-refractivity contribution in [1.82, 2.24) is 15.1 Å². The van der Waals surface area contributed by atoms with E-state index in [2.05, 4.69) is 49.4 Å². The quantitative estimate of drug-likeness (QED) is 0.636. The van der Waals surface area contributed by atoms with Gasteiger partial charge in [0.25, 0.3) is 0 Å². The molecule has 1 aromatic heterocycles. The predicted molar refractivity (Wildman–Crippen MR) is 115 cm³/mol. The van der Waals surface area contributed by atoms with E-state index in [0.717, 1.165) is 41.8 Å². The number of benzene rings is 2. The van der Waals surface area contributed by atoms with Crippen molar-refractivity contribution in [2.24, 2.45) is 5.92 Å². The lowest BCUT2D eigenvalue weighted by atomic mass is 10.1. The van der Waals surface area contributed by atoms with Gasteiger partial charge in [0.1, 0.15) is 0 Å². The summed E-state index contributed by atoms with van der Waals surface area (Å²) in [7, 11) is 0. The molecule has 0 saturated carbocycles.